The van der Waals surface area contributed by atoms with Gasteiger partial charge in [-0.25, -0.2) is 4.39 Å². The molecule has 0 aromatic carbocycles. The van der Waals surface area contributed by atoms with Gasteiger partial charge in [-0.05, 0) is 45.4 Å². The van der Waals surface area contributed by atoms with Gasteiger partial charge in [-0.1, -0.05) is 12.5 Å². The minimum absolute atomic E-state index is 0. The monoisotopic (exact) mass is 212 g/mol. The second kappa shape index (κ2) is 3.97. The first-order valence-corrected chi connectivity index (χ1v) is 5.71. The van der Waals surface area contributed by atoms with Crippen molar-refractivity contribution in [3.63, 3.8) is 0 Å². The van der Waals surface area contributed by atoms with E-state index in [0.29, 0.717) is 12.1 Å². The van der Waals surface area contributed by atoms with E-state index in [-0.39, 0.29) is 7.25 Å². The number of nitrogens with two attached hydrogens (primary N) is 1. The molecule has 1 unspecified atom stereocenters. The largest absolute Gasteiger partial charge is 0.399 e. The molecule has 86 valence electrons. The van der Waals surface area contributed by atoms with Crippen LogP contribution in [0.25, 0.3) is 0 Å². The quantitative estimate of drug-likeness (QED) is 0.724. The number of hydrogen-bond acceptors (Lipinski definition) is 2. The minimum Gasteiger partial charge on any atom is -0.399 e. The van der Waals surface area contributed by atoms with Crippen molar-refractivity contribution in [1.82, 2.24) is 4.90 Å². The van der Waals surface area contributed by atoms with Crippen molar-refractivity contribution in [1.29, 1.82) is 0 Å². The van der Waals surface area contributed by atoms with Crippen LogP contribution in [0.3, 0.4) is 0 Å². The molecule has 3 heteroatoms. The molecular formula is C12H21FN2. The zero-order valence-electron chi connectivity index (χ0n) is 9.30. The SMILES string of the molecule is CC1(N2CCCCC2)CC=C(N)C=C1F.[HH]. The average molecular weight is 212 g/mol. The Balaban J connectivity index is 0.00000128. The Morgan fingerprint density at radius 1 is 1.40 bits per heavy atom. The number of rotatable bonds is 1. The summed E-state index contributed by atoms with van der Waals surface area (Å²) in [4.78, 5) is 2.26. The molecule has 0 radical (unpaired) electrons. The fraction of sp³-hybridized carbons (Fsp3) is 0.667. The van der Waals surface area contributed by atoms with Gasteiger partial charge in [-0.15, -0.1) is 0 Å². The second-order valence-corrected chi connectivity index (χ2v) is 4.72. The molecule has 0 amide bonds. The van der Waals surface area contributed by atoms with Gasteiger partial charge in [0, 0.05) is 7.12 Å². The Kier molecular flexibility index (Phi) is 2.83. The summed E-state index contributed by atoms with van der Waals surface area (Å²) in [7, 11) is 0. The van der Waals surface area contributed by atoms with E-state index in [4.69, 9.17) is 5.73 Å². The van der Waals surface area contributed by atoms with Crippen LogP contribution in [0.4, 0.5) is 4.39 Å². The van der Waals surface area contributed by atoms with Gasteiger partial charge in [-0.2, -0.15) is 0 Å². The van der Waals surface area contributed by atoms with E-state index in [0.717, 1.165) is 13.1 Å². The van der Waals surface area contributed by atoms with Crippen LogP contribution in [0.1, 0.15) is 34.0 Å². The third kappa shape index (κ3) is 1.93. The molecule has 0 spiro atoms. The number of allylic oxidation sites excluding steroid dienone is 1. The molecule has 1 saturated heterocycles. The van der Waals surface area contributed by atoms with E-state index in [1.54, 1.807) is 0 Å². The summed E-state index contributed by atoms with van der Waals surface area (Å²) < 4.78 is 14.0. The minimum atomic E-state index is -0.441. The summed E-state index contributed by atoms with van der Waals surface area (Å²) in [5.41, 5.74) is 5.72. The molecule has 1 aliphatic heterocycles. The molecule has 2 aliphatic rings. The van der Waals surface area contributed by atoms with Crippen molar-refractivity contribution in [2.24, 2.45) is 5.73 Å². The topological polar surface area (TPSA) is 29.3 Å². The molecule has 0 aromatic rings. The molecule has 2 N–H and O–H groups in total. The predicted molar refractivity (Wildman–Crippen MR) is 62.0 cm³/mol. The Morgan fingerprint density at radius 2 is 2.07 bits per heavy atom. The molecule has 0 aromatic heterocycles. The van der Waals surface area contributed by atoms with Gasteiger partial charge in [0.2, 0.25) is 0 Å². The molecule has 2 nitrogen and oxygen atoms in total. The maximum absolute atomic E-state index is 14.0. The van der Waals surface area contributed by atoms with E-state index in [9.17, 15) is 4.39 Å². The lowest BCUT2D eigenvalue weighted by Crippen LogP contribution is -2.50. The number of likely N-dealkylation sites (tertiary alicyclic amines) is 1. The van der Waals surface area contributed by atoms with E-state index >= 15 is 0 Å². The van der Waals surface area contributed by atoms with Gasteiger partial charge in [-0.3, -0.25) is 4.90 Å². The average Bonchev–Trinajstić information content (AvgIpc) is 2.25. The normalized spacial score (nSPS) is 33.5. The highest BCUT2D eigenvalue weighted by Crippen LogP contribution is 2.35. The van der Waals surface area contributed by atoms with E-state index in [1.165, 1.54) is 25.3 Å². The Morgan fingerprint density at radius 3 is 2.67 bits per heavy atom. The highest BCUT2D eigenvalue weighted by atomic mass is 19.1. The zero-order valence-corrected chi connectivity index (χ0v) is 9.30. The Hall–Kier alpha value is -0.830. The van der Waals surface area contributed by atoms with Crippen molar-refractivity contribution in [2.45, 2.75) is 38.1 Å². The van der Waals surface area contributed by atoms with Gasteiger partial charge >= 0.3 is 0 Å². The van der Waals surface area contributed by atoms with Crippen molar-refractivity contribution >= 4 is 0 Å². The number of hydrogen-bond donors (Lipinski definition) is 1. The van der Waals surface area contributed by atoms with Crippen LogP contribution in [0.2, 0.25) is 0 Å². The molecule has 1 aliphatic carbocycles. The Labute approximate surface area is 92.1 Å². The van der Waals surface area contributed by atoms with E-state index in [1.807, 2.05) is 13.0 Å². The fourth-order valence-corrected chi connectivity index (χ4v) is 2.44. The van der Waals surface area contributed by atoms with Crippen LogP contribution >= 0.6 is 0 Å². The molecule has 1 fully saturated rings. The van der Waals surface area contributed by atoms with Gasteiger partial charge < -0.3 is 5.73 Å². The lowest BCUT2D eigenvalue weighted by Gasteiger charge is -2.43. The zero-order chi connectivity index (χ0) is 10.9. The summed E-state index contributed by atoms with van der Waals surface area (Å²) >= 11 is 0. The number of nitrogens with zero attached hydrogens (tertiary/aromatic N) is 1. The van der Waals surface area contributed by atoms with Crippen molar-refractivity contribution in [2.75, 3.05) is 13.1 Å². The van der Waals surface area contributed by atoms with Crippen molar-refractivity contribution in [3.05, 3.63) is 23.7 Å². The molecule has 0 saturated carbocycles. The standard InChI is InChI=1S/C12H19FN2.H2/c1-12(15-7-3-2-4-8-15)6-5-10(14)9-11(12)13;/h5,9H,2-4,6-8,14H2,1H3;1H. The summed E-state index contributed by atoms with van der Waals surface area (Å²) in [6, 6.07) is 0. The van der Waals surface area contributed by atoms with Crippen molar-refractivity contribution in [3.8, 4) is 0 Å². The van der Waals surface area contributed by atoms with Crippen LogP contribution in [-0.2, 0) is 0 Å². The Bertz CT molecular complexity index is 308. The lowest BCUT2D eigenvalue weighted by atomic mass is 9.87. The van der Waals surface area contributed by atoms with Crippen LogP contribution in [0, 0.1) is 0 Å². The fourth-order valence-electron chi connectivity index (χ4n) is 2.44. The van der Waals surface area contributed by atoms with E-state index < -0.39 is 5.54 Å². The smallest absolute Gasteiger partial charge is 0.122 e. The van der Waals surface area contributed by atoms with Crippen LogP contribution < -0.4 is 5.73 Å². The van der Waals surface area contributed by atoms with Crippen LogP contribution in [0.5, 0.6) is 0 Å². The van der Waals surface area contributed by atoms with Crippen LogP contribution in [0.15, 0.2) is 23.7 Å². The molecule has 2 rings (SSSR count). The van der Waals surface area contributed by atoms with Gasteiger partial charge in [0.05, 0.1) is 5.54 Å². The lowest BCUT2D eigenvalue weighted by molar-refractivity contribution is 0.0907. The first kappa shape index (κ1) is 10.7. The number of piperidine rings is 1. The molecule has 15 heavy (non-hydrogen) atoms. The van der Waals surface area contributed by atoms with Gasteiger partial charge in [0.25, 0.3) is 0 Å². The number of halogens is 1. The highest BCUT2D eigenvalue weighted by Gasteiger charge is 2.37. The van der Waals surface area contributed by atoms with Gasteiger partial charge in [0.1, 0.15) is 5.83 Å². The van der Waals surface area contributed by atoms with E-state index in [2.05, 4.69) is 4.90 Å². The first-order chi connectivity index (χ1) is 7.13. The predicted octanol–water partition coefficient (Wildman–Crippen LogP) is 2.58. The summed E-state index contributed by atoms with van der Waals surface area (Å²) in [5, 5.41) is 0. The maximum atomic E-state index is 14.0. The summed E-state index contributed by atoms with van der Waals surface area (Å²) in [6.07, 6.45) is 7.73. The van der Waals surface area contributed by atoms with Crippen LogP contribution in [-0.4, -0.2) is 23.5 Å². The molecule has 1 heterocycles. The molecule has 1 atom stereocenters. The third-order valence-electron chi connectivity index (χ3n) is 3.60. The van der Waals surface area contributed by atoms with Crippen molar-refractivity contribution < 1.29 is 5.82 Å². The maximum Gasteiger partial charge on any atom is 0.122 e. The second-order valence-electron chi connectivity index (χ2n) is 4.72. The molecular weight excluding hydrogens is 191 g/mol. The van der Waals surface area contributed by atoms with Gasteiger partial charge in [0.15, 0.2) is 0 Å². The highest BCUT2D eigenvalue weighted by molar-refractivity contribution is 5.30. The summed E-state index contributed by atoms with van der Waals surface area (Å²) in [5.74, 6) is -0.0793. The molecule has 0 bridgehead atoms. The third-order valence-corrected chi connectivity index (χ3v) is 3.60. The first-order valence-electron chi connectivity index (χ1n) is 5.71. The summed E-state index contributed by atoms with van der Waals surface area (Å²) in [6.45, 7) is 3.99.